The Morgan fingerprint density at radius 2 is 0.867 bits per heavy atom. The minimum atomic E-state index is -2.51. The van der Waals surface area contributed by atoms with Crippen molar-refractivity contribution in [2.45, 2.75) is 0 Å². The van der Waals surface area contributed by atoms with E-state index in [1.165, 1.54) is 0 Å². The van der Waals surface area contributed by atoms with Gasteiger partial charge in [0.2, 0.25) is 0 Å². The van der Waals surface area contributed by atoms with Crippen molar-refractivity contribution < 1.29 is 61.7 Å². The van der Waals surface area contributed by atoms with Crippen molar-refractivity contribution >= 4 is 23.8 Å². The maximum atomic E-state index is 9.26. The summed E-state index contributed by atoms with van der Waals surface area (Å²) in [7, 11) is 0. The number of carbonyl (C=O) groups is 4. The van der Waals surface area contributed by atoms with Crippen LogP contribution in [0.25, 0.3) is 0 Å². The molecule has 0 unspecified atom stereocenters. The van der Waals surface area contributed by atoms with Crippen molar-refractivity contribution in [3.05, 3.63) is 0 Å². The molecule has 0 aromatic heterocycles. The van der Waals surface area contributed by atoms with E-state index in [2.05, 4.69) is 11.5 Å². The molecule has 82 valence electrons. The number of rotatable bonds is 0. The monoisotopic (exact) mass is 446 g/mol. The molecule has 0 aliphatic heterocycles. The van der Waals surface area contributed by atoms with Crippen LogP contribution in [0, 0.1) is 27.8 Å². The summed E-state index contributed by atoms with van der Waals surface area (Å²) < 4.78 is 17.2. The first kappa shape index (κ1) is 19.2. The second-order valence-corrected chi connectivity index (χ2v) is 2.08. The molecule has 0 atom stereocenters. The summed E-state index contributed by atoms with van der Waals surface area (Å²) in [6.45, 7) is 0. The van der Waals surface area contributed by atoms with Gasteiger partial charge < -0.3 is 31.3 Å². The summed E-state index contributed by atoms with van der Waals surface area (Å²) in [6.07, 6.45) is 0. The van der Waals surface area contributed by atoms with E-state index in [1.54, 1.807) is 0 Å². The SMILES string of the molecule is NC(=O)C(=O)[O-].NC(=O)C(=O)[O-].[O]=[U+2]=[O]. The van der Waals surface area contributed by atoms with E-state index in [0.29, 0.717) is 0 Å². The first-order valence-electron chi connectivity index (χ1n) is 2.71. The molecule has 0 aromatic rings. The molecule has 0 heterocycles. The van der Waals surface area contributed by atoms with Crippen LogP contribution in [-0.4, -0.2) is 23.8 Å². The van der Waals surface area contributed by atoms with Gasteiger partial charge in [0, 0.05) is 0 Å². The molecule has 2 amide bonds. The van der Waals surface area contributed by atoms with Crippen LogP contribution in [0.4, 0.5) is 0 Å². The van der Waals surface area contributed by atoms with Crippen LogP contribution in [0.2, 0.25) is 0 Å². The van der Waals surface area contributed by atoms with Crippen LogP contribution in [-0.2, 0) is 23.6 Å². The van der Waals surface area contributed by atoms with Gasteiger partial charge in [0.25, 0.3) is 11.8 Å². The van der Waals surface area contributed by atoms with Gasteiger partial charge in [0.15, 0.2) is 0 Å². The molecule has 0 spiro atoms. The summed E-state index contributed by atoms with van der Waals surface area (Å²) >= 11 is -2.51. The van der Waals surface area contributed by atoms with Gasteiger partial charge in [-0.3, -0.25) is 9.59 Å². The number of hydrogen-bond donors (Lipinski definition) is 2. The molecule has 0 aromatic carbocycles. The zero-order chi connectivity index (χ0) is 13.0. The van der Waals surface area contributed by atoms with Crippen molar-refractivity contribution in [3.8, 4) is 0 Å². The molecule has 0 saturated carbocycles. The first-order valence-corrected chi connectivity index (χ1v) is 6.11. The minimum absolute atomic E-state index is 1.44. The Morgan fingerprint density at radius 3 is 0.867 bits per heavy atom. The van der Waals surface area contributed by atoms with Crippen molar-refractivity contribution in [2.24, 2.45) is 11.5 Å². The number of aliphatic carboxylic acids is 2. The molecule has 11 heteroatoms. The second-order valence-electron chi connectivity index (χ2n) is 1.39. The molecule has 0 rings (SSSR count). The average molecular weight is 446 g/mol. The third-order valence-electron chi connectivity index (χ3n) is 0.402. The van der Waals surface area contributed by atoms with Crippen molar-refractivity contribution in [3.63, 3.8) is 0 Å². The number of hydrogen-bond acceptors (Lipinski definition) is 8. The van der Waals surface area contributed by atoms with Crippen LogP contribution in [0.5, 0.6) is 0 Å². The van der Waals surface area contributed by atoms with E-state index in [4.69, 9.17) is 24.3 Å². The van der Waals surface area contributed by atoms with E-state index in [9.17, 15) is 9.59 Å². The van der Waals surface area contributed by atoms with Gasteiger partial charge >= 0.3 is 32.3 Å². The summed E-state index contributed by atoms with van der Waals surface area (Å²) in [4.78, 5) is 36.7. The fourth-order valence-corrected chi connectivity index (χ4v) is 0. The molecule has 10 nitrogen and oxygen atoms in total. The number of carboxylic acid groups (broad SMARTS) is 2. The van der Waals surface area contributed by atoms with Gasteiger partial charge in [-0.2, -0.15) is 0 Å². The van der Waals surface area contributed by atoms with Gasteiger partial charge in [0.05, 0.1) is 0 Å². The first-order chi connectivity index (χ1) is 6.70. The van der Waals surface area contributed by atoms with Crippen LogP contribution in [0.15, 0.2) is 0 Å². The zero-order valence-corrected chi connectivity index (χ0v) is 11.1. The molecular weight excluding hydrogens is 442 g/mol. The zero-order valence-electron chi connectivity index (χ0n) is 6.92. The Morgan fingerprint density at radius 1 is 0.800 bits per heavy atom. The quantitative estimate of drug-likeness (QED) is 0.343. The van der Waals surface area contributed by atoms with Crippen LogP contribution >= 0.6 is 0 Å². The van der Waals surface area contributed by atoms with E-state index >= 15 is 0 Å². The molecule has 0 bridgehead atoms. The number of carboxylic acids is 2. The fourth-order valence-electron chi connectivity index (χ4n) is 0. The predicted molar refractivity (Wildman–Crippen MR) is 29.8 cm³/mol. The molecule has 0 saturated heterocycles. The van der Waals surface area contributed by atoms with Crippen molar-refractivity contribution in [1.82, 2.24) is 0 Å². The van der Waals surface area contributed by atoms with Gasteiger partial charge in [0.1, 0.15) is 11.9 Å². The number of nitrogens with two attached hydrogens (primary N) is 2. The number of primary amides is 2. The van der Waals surface area contributed by atoms with E-state index in [0.717, 1.165) is 0 Å². The molecule has 4 N–H and O–H groups in total. The molecule has 0 radical (unpaired) electrons. The Kier molecular flexibility index (Phi) is 16.0. The van der Waals surface area contributed by atoms with Gasteiger partial charge in [-0.05, 0) is 0 Å². The summed E-state index contributed by atoms with van der Waals surface area (Å²) in [5, 5.41) is 18.2. The topological polar surface area (TPSA) is 201 Å². The fraction of sp³-hybridized carbons (Fsp3) is 0. The van der Waals surface area contributed by atoms with Gasteiger partial charge in [-0.1, -0.05) is 0 Å². The van der Waals surface area contributed by atoms with E-state index in [1.807, 2.05) is 0 Å². The van der Waals surface area contributed by atoms with Crippen molar-refractivity contribution in [1.29, 1.82) is 0 Å². The summed E-state index contributed by atoms with van der Waals surface area (Å²) in [5.41, 5.74) is 8.27. The van der Waals surface area contributed by atoms with Crippen molar-refractivity contribution in [2.75, 3.05) is 0 Å². The average Bonchev–Trinajstić information content (AvgIpc) is 2.06. The molecular formula is C4H4N2O8U. The Labute approximate surface area is 96.8 Å². The Hall–Kier alpha value is -1.47. The second kappa shape index (κ2) is 12.5. The van der Waals surface area contributed by atoms with Gasteiger partial charge in [-0.25, -0.2) is 0 Å². The Bertz CT molecular complexity index is 245. The summed E-state index contributed by atoms with van der Waals surface area (Å²) in [6, 6.07) is 0. The van der Waals surface area contributed by atoms with E-state index < -0.39 is 51.6 Å². The third-order valence-corrected chi connectivity index (χ3v) is 0.402. The number of carbonyl (C=O) groups excluding carboxylic acids is 4. The van der Waals surface area contributed by atoms with Crippen LogP contribution < -0.4 is 21.7 Å². The molecule has 0 aliphatic rings. The van der Waals surface area contributed by atoms with E-state index in [-0.39, 0.29) is 0 Å². The van der Waals surface area contributed by atoms with Gasteiger partial charge in [-0.15, -0.1) is 0 Å². The standard InChI is InChI=1S/2C2H3NO3.2O.U/c2*3-1(4)2(5)6;;;/h2*(H2,3,4)(H,5,6);;;/q;;;;+2/p-2. The van der Waals surface area contributed by atoms with Crippen LogP contribution in [0.1, 0.15) is 0 Å². The predicted octanol–water partition coefficient (Wildman–Crippen LogP) is -5.79. The molecule has 0 fully saturated rings. The summed E-state index contributed by atoms with van der Waals surface area (Å²) in [5.74, 6) is -6.57. The number of amides is 2. The Balaban J connectivity index is -0.000000153. The van der Waals surface area contributed by atoms with Crippen LogP contribution in [0.3, 0.4) is 0 Å². The third kappa shape index (κ3) is 32.6. The molecule has 0 aliphatic carbocycles. The normalized spacial score (nSPS) is 6.40. The molecule has 15 heavy (non-hydrogen) atoms. The maximum absolute atomic E-state index is 9.26.